The molecule has 0 unspecified atom stereocenters. The lowest BCUT2D eigenvalue weighted by Gasteiger charge is -2.42. The number of anilines is 1. The van der Waals surface area contributed by atoms with E-state index in [1.165, 1.54) is 19.1 Å². The van der Waals surface area contributed by atoms with Crippen LogP contribution < -0.4 is 4.90 Å². The molecule has 3 aliphatic carbocycles. The van der Waals surface area contributed by atoms with Crippen LogP contribution in [0.4, 0.5) is 32.0 Å². The molecule has 0 radical (unpaired) electrons. The second kappa shape index (κ2) is 9.76. The normalized spacial score (nSPS) is 25.5. The zero-order chi connectivity index (χ0) is 32.0. The van der Waals surface area contributed by atoms with Gasteiger partial charge in [0, 0.05) is 22.6 Å². The van der Waals surface area contributed by atoms with Crippen LogP contribution in [0.1, 0.15) is 47.9 Å². The number of allylic oxidation sites excluding steroid dienone is 6. The van der Waals surface area contributed by atoms with E-state index in [2.05, 4.69) is 0 Å². The summed E-state index contributed by atoms with van der Waals surface area (Å²) in [5.74, 6) is -6.74. The monoisotopic (exact) mass is 615 g/mol. The Bertz CT molecular complexity index is 1750. The Morgan fingerprint density at radius 1 is 0.841 bits per heavy atom. The molecule has 228 valence electrons. The topological polar surface area (TPSA) is 91.8 Å². The number of phenolic OH excluding ortho intramolecular Hbond substituents is 1. The lowest BCUT2D eigenvalue weighted by Crippen LogP contribution is -2.39. The number of phenols is 1. The number of amides is 2. The molecular weight excluding hydrogens is 592 g/mol. The zero-order valence-electron chi connectivity index (χ0n) is 23.1. The number of aryl methyl sites for hydroxylation is 1. The molecule has 0 aromatic heterocycles. The number of ketones is 2. The van der Waals surface area contributed by atoms with Crippen LogP contribution in [0.25, 0.3) is 0 Å². The molecule has 44 heavy (non-hydrogen) atoms. The number of halogens is 6. The lowest BCUT2D eigenvalue weighted by molar-refractivity contribution is -0.143. The molecule has 0 saturated carbocycles. The van der Waals surface area contributed by atoms with Gasteiger partial charge in [0.15, 0.2) is 11.6 Å². The summed E-state index contributed by atoms with van der Waals surface area (Å²) in [4.78, 5) is 54.6. The van der Waals surface area contributed by atoms with Crippen LogP contribution in [-0.4, -0.2) is 28.5 Å². The van der Waals surface area contributed by atoms with E-state index >= 15 is 0 Å². The smallest absolute Gasteiger partial charge is 0.416 e. The summed E-state index contributed by atoms with van der Waals surface area (Å²) in [6.45, 7) is 3.14. The van der Waals surface area contributed by atoms with Crippen molar-refractivity contribution in [2.24, 2.45) is 17.8 Å². The summed E-state index contributed by atoms with van der Waals surface area (Å²) in [7, 11) is 0. The standard InChI is InChI=1S/C32H23F6NO5/c1-13-7-15(3-6-23(13)40)25-19-4-5-20-26(21(19)12-22-24(41)8-14(2)28(42)27(22)25)30(44)39(29(20)43)18-10-16(31(33,34)35)9-17(11-18)32(36,37)38/h3-4,6-11,20-21,25-26,40H,5,12H2,1-2H3/t20-,21+,25-,26-/m0/s1. The summed E-state index contributed by atoms with van der Waals surface area (Å²) in [6.07, 6.45) is -7.70. The third kappa shape index (κ3) is 4.49. The predicted molar refractivity (Wildman–Crippen MR) is 143 cm³/mol. The summed E-state index contributed by atoms with van der Waals surface area (Å²) < 4.78 is 81.6. The highest BCUT2D eigenvalue weighted by Gasteiger charge is 2.57. The molecule has 1 fully saturated rings. The van der Waals surface area contributed by atoms with Crippen molar-refractivity contribution in [3.8, 4) is 5.75 Å². The number of imide groups is 1. The molecule has 2 aromatic rings. The second-order valence-corrected chi connectivity index (χ2v) is 11.6. The van der Waals surface area contributed by atoms with Gasteiger partial charge in [0.05, 0.1) is 28.7 Å². The maximum atomic E-state index is 13.9. The van der Waals surface area contributed by atoms with Gasteiger partial charge in [-0.25, -0.2) is 4.90 Å². The van der Waals surface area contributed by atoms with Gasteiger partial charge in [-0.05, 0) is 74.1 Å². The largest absolute Gasteiger partial charge is 0.508 e. The minimum absolute atomic E-state index is 0.0124. The molecule has 2 aromatic carbocycles. The Kier molecular flexibility index (Phi) is 6.57. The van der Waals surface area contributed by atoms with Crippen LogP contribution in [0, 0.1) is 24.7 Å². The first-order valence-electron chi connectivity index (χ1n) is 13.7. The zero-order valence-corrected chi connectivity index (χ0v) is 23.1. The van der Waals surface area contributed by atoms with Crippen LogP contribution in [0.15, 0.2) is 70.8 Å². The molecule has 0 spiro atoms. The van der Waals surface area contributed by atoms with Gasteiger partial charge in [0.2, 0.25) is 11.8 Å². The van der Waals surface area contributed by atoms with E-state index in [1.807, 2.05) is 0 Å². The fraction of sp³-hybridized carbons (Fsp3) is 0.312. The number of hydrogen-bond donors (Lipinski definition) is 1. The second-order valence-electron chi connectivity index (χ2n) is 11.6. The average molecular weight is 616 g/mol. The van der Waals surface area contributed by atoms with Crippen molar-refractivity contribution < 1.29 is 50.6 Å². The maximum absolute atomic E-state index is 13.9. The molecule has 1 heterocycles. The van der Waals surface area contributed by atoms with E-state index in [9.17, 15) is 50.6 Å². The third-order valence-corrected chi connectivity index (χ3v) is 8.95. The van der Waals surface area contributed by atoms with Crippen LogP contribution in [0.3, 0.4) is 0 Å². The van der Waals surface area contributed by atoms with Crippen LogP contribution in [-0.2, 0) is 31.5 Å². The minimum Gasteiger partial charge on any atom is -0.508 e. The van der Waals surface area contributed by atoms with Crippen molar-refractivity contribution in [1.29, 1.82) is 0 Å². The first-order chi connectivity index (χ1) is 20.5. The number of carbonyl (C=O) groups is 4. The number of nitrogens with zero attached hydrogens (tertiary/aromatic N) is 1. The van der Waals surface area contributed by atoms with Crippen LogP contribution in [0.2, 0.25) is 0 Å². The number of hydrogen-bond acceptors (Lipinski definition) is 5. The first-order valence-corrected chi connectivity index (χ1v) is 13.7. The first kappa shape index (κ1) is 29.6. The quantitative estimate of drug-likeness (QED) is 0.184. The van der Waals surface area contributed by atoms with Gasteiger partial charge < -0.3 is 5.11 Å². The van der Waals surface area contributed by atoms with Gasteiger partial charge in [-0.15, -0.1) is 0 Å². The predicted octanol–water partition coefficient (Wildman–Crippen LogP) is 6.37. The lowest BCUT2D eigenvalue weighted by atomic mass is 9.59. The fourth-order valence-electron chi connectivity index (χ4n) is 6.92. The molecule has 0 bridgehead atoms. The van der Waals surface area contributed by atoms with E-state index in [0.29, 0.717) is 33.7 Å². The fourth-order valence-corrected chi connectivity index (χ4v) is 6.92. The van der Waals surface area contributed by atoms with Gasteiger partial charge in [0.1, 0.15) is 5.75 Å². The molecule has 4 aliphatic rings. The van der Waals surface area contributed by atoms with Gasteiger partial charge in [-0.2, -0.15) is 26.3 Å². The molecule has 12 heteroatoms. The minimum atomic E-state index is -5.19. The average Bonchev–Trinajstić information content (AvgIpc) is 3.20. The van der Waals surface area contributed by atoms with Crippen molar-refractivity contribution in [1.82, 2.24) is 0 Å². The highest BCUT2D eigenvalue weighted by molar-refractivity contribution is 6.25. The summed E-state index contributed by atoms with van der Waals surface area (Å²) in [5, 5.41) is 10.1. The molecule has 2 amide bonds. The third-order valence-electron chi connectivity index (χ3n) is 8.95. The Labute approximate surface area is 246 Å². The van der Waals surface area contributed by atoms with Crippen molar-refractivity contribution in [3.63, 3.8) is 0 Å². The van der Waals surface area contributed by atoms with Crippen LogP contribution in [0.5, 0.6) is 5.75 Å². The summed E-state index contributed by atoms with van der Waals surface area (Å²) in [6, 6.07) is 5.25. The number of fused-ring (bicyclic) bond motifs is 3. The molecule has 6 rings (SSSR count). The van der Waals surface area contributed by atoms with Crippen molar-refractivity contribution in [2.45, 2.75) is 45.0 Å². The Morgan fingerprint density at radius 3 is 2.07 bits per heavy atom. The van der Waals surface area contributed by atoms with Gasteiger partial charge in [-0.3, -0.25) is 19.2 Å². The van der Waals surface area contributed by atoms with Crippen molar-refractivity contribution in [3.05, 3.63) is 93.1 Å². The maximum Gasteiger partial charge on any atom is 0.416 e. The molecular formula is C32H23F6NO5. The number of aromatic hydroxyl groups is 1. The molecule has 4 atom stereocenters. The molecule has 1 aliphatic heterocycles. The highest BCUT2D eigenvalue weighted by atomic mass is 19.4. The van der Waals surface area contributed by atoms with Crippen LogP contribution >= 0.6 is 0 Å². The van der Waals surface area contributed by atoms with Gasteiger partial charge in [0.25, 0.3) is 0 Å². The Balaban J connectivity index is 1.48. The van der Waals surface area contributed by atoms with E-state index < -0.39 is 70.4 Å². The van der Waals surface area contributed by atoms with Gasteiger partial charge >= 0.3 is 12.4 Å². The molecule has 1 saturated heterocycles. The summed E-state index contributed by atoms with van der Waals surface area (Å²) >= 11 is 0. The Morgan fingerprint density at radius 2 is 1.48 bits per heavy atom. The van der Waals surface area contributed by atoms with E-state index in [-0.39, 0.29) is 47.2 Å². The molecule has 6 nitrogen and oxygen atoms in total. The number of alkyl halides is 6. The number of Topliss-reactive ketones (excluding diaryl/α,β-unsaturated/α-hetero) is 1. The summed E-state index contributed by atoms with van der Waals surface area (Å²) in [5.41, 5.74) is -2.05. The van der Waals surface area contributed by atoms with E-state index in [0.717, 1.165) is 0 Å². The van der Waals surface area contributed by atoms with E-state index in [1.54, 1.807) is 25.1 Å². The highest BCUT2D eigenvalue weighted by Crippen LogP contribution is 2.56. The molecule has 1 N–H and O–H groups in total. The number of benzene rings is 2. The van der Waals surface area contributed by atoms with E-state index in [4.69, 9.17) is 0 Å². The van der Waals surface area contributed by atoms with Crippen molar-refractivity contribution >= 4 is 29.1 Å². The number of rotatable bonds is 2. The van der Waals surface area contributed by atoms with Gasteiger partial charge in [-0.1, -0.05) is 23.8 Å². The number of carbonyl (C=O) groups excluding carboxylic acids is 4. The van der Waals surface area contributed by atoms with Crippen molar-refractivity contribution in [2.75, 3.05) is 4.90 Å². The Hall–Kier alpha value is -4.48. The SMILES string of the molecule is CC1=CC(=O)C2=C(C1=O)[C@@H](c1ccc(O)c(C)c1)C1=CC[C@@H]3C(=O)N(c4cc(C(F)(F)F)cc(C(F)(F)F)c4)C(=O)[C@@H]3[C@@H]1C2.